The maximum atomic E-state index is 13.5. The van der Waals surface area contributed by atoms with Gasteiger partial charge in [0, 0.05) is 42.0 Å². The molecule has 1 amide bonds. The average Bonchev–Trinajstić information content (AvgIpc) is 2.88. The summed E-state index contributed by atoms with van der Waals surface area (Å²) in [5.74, 6) is 0.118. The minimum Gasteiger partial charge on any atom is -0.340 e. The number of benzene rings is 3. The Morgan fingerprint density at radius 2 is 1.70 bits per heavy atom. The highest BCUT2D eigenvalue weighted by Gasteiger charge is 2.33. The van der Waals surface area contributed by atoms with E-state index >= 15 is 0 Å². The van der Waals surface area contributed by atoms with E-state index in [0.717, 1.165) is 53.0 Å². The molecule has 1 atom stereocenters. The summed E-state index contributed by atoms with van der Waals surface area (Å²) < 4.78 is 40.4. The second-order valence-electron chi connectivity index (χ2n) is 9.15. The molecule has 2 heterocycles. The minimum absolute atomic E-state index is 0. The lowest BCUT2D eigenvalue weighted by Crippen LogP contribution is -2.54. The third kappa shape index (κ3) is 6.25. The Kier molecular flexibility index (Phi) is 8.72. The van der Waals surface area contributed by atoms with Crippen molar-refractivity contribution in [2.24, 2.45) is 0 Å². The van der Waals surface area contributed by atoms with Gasteiger partial charge in [0.15, 0.2) is 0 Å². The summed E-state index contributed by atoms with van der Waals surface area (Å²) in [5.41, 5.74) is 1.88. The van der Waals surface area contributed by atoms with E-state index in [0.29, 0.717) is 25.2 Å². The number of rotatable bonds is 6. The first-order valence-electron chi connectivity index (χ1n) is 12.2. The number of nitrogens with one attached hydrogen (secondary N) is 1. The standard InChI is InChI=1S/C28H28F3N3OS.ClH/c29-28(30,31)21-12-13-26-24(18-21)34(23-10-4-5-11-25(23)36-26)15-6-9-22-19-32-14-16-33(22)27(35)17-20-7-2-1-3-8-20;/h1-5,7-8,10-13,18,22,32H,6,9,14-17,19H2;1H. The Labute approximate surface area is 225 Å². The third-order valence-electron chi connectivity index (χ3n) is 6.74. The lowest BCUT2D eigenvalue weighted by molar-refractivity contribution is -0.137. The maximum absolute atomic E-state index is 13.5. The first-order chi connectivity index (χ1) is 17.4. The van der Waals surface area contributed by atoms with E-state index in [-0.39, 0.29) is 24.4 Å². The Morgan fingerprint density at radius 1 is 0.973 bits per heavy atom. The van der Waals surface area contributed by atoms with Gasteiger partial charge in [-0.3, -0.25) is 4.79 Å². The van der Waals surface area contributed by atoms with Gasteiger partial charge in [-0.15, -0.1) is 12.4 Å². The largest absolute Gasteiger partial charge is 0.416 e. The molecule has 0 bridgehead atoms. The number of fused-ring (bicyclic) bond motifs is 2. The van der Waals surface area contributed by atoms with Gasteiger partial charge >= 0.3 is 6.18 Å². The van der Waals surface area contributed by atoms with Gasteiger partial charge < -0.3 is 15.1 Å². The number of piperazine rings is 1. The Bertz CT molecular complexity index is 1220. The molecule has 2 aliphatic heterocycles. The van der Waals surface area contributed by atoms with Crippen molar-refractivity contribution >= 4 is 41.5 Å². The van der Waals surface area contributed by atoms with Crippen molar-refractivity contribution in [3.8, 4) is 0 Å². The van der Waals surface area contributed by atoms with Crippen LogP contribution in [0.15, 0.2) is 82.6 Å². The van der Waals surface area contributed by atoms with E-state index in [9.17, 15) is 18.0 Å². The molecule has 3 aromatic carbocycles. The molecule has 2 aliphatic rings. The Balaban J connectivity index is 0.00000320. The quantitative estimate of drug-likeness (QED) is 0.379. The first-order valence-corrected chi connectivity index (χ1v) is 13.0. The normalized spacial score (nSPS) is 17.0. The molecule has 196 valence electrons. The summed E-state index contributed by atoms with van der Waals surface area (Å²) in [7, 11) is 0. The van der Waals surface area contributed by atoms with Crippen LogP contribution in [-0.4, -0.2) is 43.0 Å². The smallest absolute Gasteiger partial charge is 0.340 e. The molecule has 9 heteroatoms. The van der Waals surface area contributed by atoms with Gasteiger partial charge in [0.25, 0.3) is 0 Å². The van der Waals surface area contributed by atoms with Crippen molar-refractivity contribution in [1.82, 2.24) is 10.2 Å². The minimum atomic E-state index is -4.39. The van der Waals surface area contributed by atoms with Crippen molar-refractivity contribution in [3.63, 3.8) is 0 Å². The van der Waals surface area contributed by atoms with E-state index in [4.69, 9.17) is 0 Å². The summed E-state index contributed by atoms with van der Waals surface area (Å²) in [5, 5.41) is 3.39. The monoisotopic (exact) mass is 547 g/mol. The zero-order valence-electron chi connectivity index (χ0n) is 20.2. The predicted octanol–water partition coefficient (Wildman–Crippen LogP) is 6.55. The van der Waals surface area contributed by atoms with Crippen LogP contribution in [0.1, 0.15) is 24.0 Å². The predicted molar refractivity (Wildman–Crippen MR) is 144 cm³/mol. The number of hydrogen-bond acceptors (Lipinski definition) is 4. The highest BCUT2D eigenvalue weighted by atomic mass is 35.5. The number of anilines is 2. The molecule has 1 unspecified atom stereocenters. The molecule has 1 fully saturated rings. The number of halogens is 4. The summed E-state index contributed by atoms with van der Waals surface area (Å²) in [6, 6.07) is 21.6. The van der Waals surface area contributed by atoms with E-state index in [1.807, 2.05) is 64.4 Å². The van der Waals surface area contributed by atoms with Crippen molar-refractivity contribution in [2.75, 3.05) is 31.1 Å². The molecule has 0 saturated carbocycles. The van der Waals surface area contributed by atoms with Crippen LogP contribution in [0.3, 0.4) is 0 Å². The Morgan fingerprint density at radius 3 is 2.49 bits per heavy atom. The molecule has 3 aromatic rings. The van der Waals surface area contributed by atoms with Crippen LogP contribution in [0.5, 0.6) is 0 Å². The fraction of sp³-hybridized carbons (Fsp3) is 0.321. The number of nitrogens with zero attached hydrogens (tertiary/aromatic N) is 2. The molecular weight excluding hydrogens is 519 g/mol. The van der Waals surface area contributed by atoms with Crippen LogP contribution in [0.25, 0.3) is 0 Å². The fourth-order valence-electron chi connectivity index (χ4n) is 4.95. The van der Waals surface area contributed by atoms with Crippen molar-refractivity contribution in [3.05, 3.63) is 83.9 Å². The highest BCUT2D eigenvalue weighted by Crippen LogP contribution is 2.49. The molecule has 0 radical (unpaired) electrons. The van der Waals surface area contributed by atoms with Crippen molar-refractivity contribution in [2.45, 2.75) is 41.3 Å². The van der Waals surface area contributed by atoms with Gasteiger partial charge in [-0.1, -0.05) is 54.2 Å². The average molecular weight is 548 g/mol. The van der Waals surface area contributed by atoms with Gasteiger partial charge in [0.1, 0.15) is 0 Å². The first kappa shape index (κ1) is 27.4. The van der Waals surface area contributed by atoms with Crippen LogP contribution in [0.2, 0.25) is 0 Å². The van der Waals surface area contributed by atoms with Gasteiger partial charge in [0.2, 0.25) is 5.91 Å². The molecule has 37 heavy (non-hydrogen) atoms. The lowest BCUT2D eigenvalue weighted by atomic mass is 10.0. The van der Waals surface area contributed by atoms with Crippen LogP contribution >= 0.6 is 24.2 Å². The molecule has 0 aliphatic carbocycles. The van der Waals surface area contributed by atoms with E-state index < -0.39 is 11.7 Å². The molecule has 5 rings (SSSR count). The summed E-state index contributed by atoms with van der Waals surface area (Å²) in [4.78, 5) is 18.9. The number of para-hydroxylation sites is 1. The maximum Gasteiger partial charge on any atom is 0.416 e. The van der Waals surface area contributed by atoms with Gasteiger partial charge in [-0.05, 0) is 48.7 Å². The summed E-state index contributed by atoms with van der Waals surface area (Å²) in [6.45, 7) is 2.73. The number of carbonyl (C=O) groups excluding carboxylic acids is 1. The third-order valence-corrected chi connectivity index (χ3v) is 7.87. The highest BCUT2D eigenvalue weighted by molar-refractivity contribution is 7.99. The number of alkyl halides is 3. The summed E-state index contributed by atoms with van der Waals surface area (Å²) in [6.07, 6.45) is -2.50. The van der Waals surface area contributed by atoms with Gasteiger partial charge in [-0.25, -0.2) is 0 Å². The second kappa shape index (κ2) is 11.8. The van der Waals surface area contributed by atoms with Crippen LogP contribution < -0.4 is 10.2 Å². The fourth-order valence-corrected chi connectivity index (χ4v) is 6.03. The van der Waals surface area contributed by atoms with Gasteiger partial charge in [-0.2, -0.15) is 13.2 Å². The number of carbonyl (C=O) groups is 1. The zero-order valence-corrected chi connectivity index (χ0v) is 21.8. The Hall–Kier alpha value is -2.68. The van der Waals surface area contributed by atoms with Crippen LogP contribution in [0.4, 0.5) is 24.5 Å². The van der Waals surface area contributed by atoms with E-state index in [1.54, 1.807) is 6.07 Å². The second-order valence-corrected chi connectivity index (χ2v) is 10.2. The van der Waals surface area contributed by atoms with Crippen LogP contribution in [-0.2, 0) is 17.4 Å². The van der Waals surface area contributed by atoms with E-state index in [1.165, 1.54) is 17.8 Å². The summed E-state index contributed by atoms with van der Waals surface area (Å²) >= 11 is 1.50. The molecule has 1 saturated heterocycles. The van der Waals surface area contributed by atoms with Crippen molar-refractivity contribution in [1.29, 1.82) is 0 Å². The zero-order chi connectivity index (χ0) is 25.1. The molecule has 4 nitrogen and oxygen atoms in total. The SMILES string of the molecule is Cl.O=C(Cc1ccccc1)N1CCNCC1CCCN1c2ccccc2Sc2ccc(C(F)(F)F)cc21. The topological polar surface area (TPSA) is 35.6 Å². The molecule has 1 N–H and O–H groups in total. The van der Waals surface area contributed by atoms with Gasteiger partial charge in [0.05, 0.1) is 23.4 Å². The molecule has 0 aromatic heterocycles. The number of hydrogen-bond donors (Lipinski definition) is 1. The lowest BCUT2D eigenvalue weighted by Gasteiger charge is -2.38. The van der Waals surface area contributed by atoms with Crippen molar-refractivity contribution < 1.29 is 18.0 Å². The number of amides is 1. The molecular formula is C28H29ClF3N3OS. The molecule has 0 spiro atoms. The van der Waals surface area contributed by atoms with Crippen LogP contribution in [0, 0.1) is 0 Å². The van der Waals surface area contributed by atoms with E-state index in [2.05, 4.69) is 5.32 Å².